The fourth-order valence-electron chi connectivity index (χ4n) is 7.78. The van der Waals surface area contributed by atoms with Crippen LogP contribution < -0.4 is 0 Å². The van der Waals surface area contributed by atoms with E-state index in [-0.39, 0.29) is 12.0 Å². The summed E-state index contributed by atoms with van der Waals surface area (Å²) in [5.41, 5.74) is 9.89. The molecule has 0 amide bonds. The molecule has 8 rings (SSSR count). The van der Waals surface area contributed by atoms with Crippen LogP contribution in [0.3, 0.4) is 0 Å². The van der Waals surface area contributed by atoms with Gasteiger partial charge in [0.25, 0.3) is 0 Å². The third kappa shape index (κ3) is 3.59. The predicted molar refractivity (Wildman–Crippen MR) is 170 cm³/mol. The highest BCUT2D eigenvalue weighted by Crippen LogP contribution is 2.47. The van der Waals surface area contributed by atoms with E-state index >= 15 is 0 Å². The summed E-state index contributed by atoms with van der Waals surface area (Å²) in [7, 11) is 0. The summed E-state index contributed by atoms with van der Waals surface area (Å²) in [6.45, 7) is 0. The zero-order valence-corrected chi connectivity index (χ0v) is 23.4. The molecule has 3 aliphatic carbocycles. The minimum absolute atomic E-state index is 0.0780. The Morgan fingerprint density at radius 1 is 0.714 bits per heavy atom. The van der Waals surface area contributed by atoms with Crippen molar-refractivity contribution >= 4 is 44.5 Å². The fourth-order valence-corrected chi connectivity index (χ4v) is 7.78. The van der Waals surface area contributed by atoms with Gasteiger partial charge in [-0.1, -0.05) is 72.8 Å². The lowest BCUT2D eigenvalue weighted by Gasteiger charge is -2.35. The molecular formula is C38H30N4. The Kier molecular flexibility index (Phi) is 5.76. The first kappa shape index (κ1) is 24.7. The first-order chi connectivity index (χ1) is 20.8. The minimum Gasteiger partial charge on any atom is -0.336 e. The molecular weight excluding hydrogens is 512 g/mol. The molecule has 4 nitrogen and oxygen atoms in total. The van der Waals surface area contributed by atoms with Crippen molar-refractivity contribution in [2.45, 2.75) is 44.6 Å². The van der Waals surface area contributed by atoms with Gasteiger partial charge in [0.15, 0.2) is 0 Å². The quantitative estimate of drug-likeness (QED) is 0.228. The number of hydrogen-bond donors (Lipinski definition) is 0. The number of nitriles is 2. The van der Waals surface area contributed by atoms with E-state index in [2.05, 4.69) is 118 Å². The first-order valence-electron chi connectivity index (χ1n) is 15.0. The highest BCUT2D eigenvalue weighted by Gasteiger charge is 2.35. The van der Waals surface area contributed by atoms with Crippen LogP contribution in [-0.4, -0.2) is 9.13 Å². The van der Waals surface area contributed by atoms with E-state index in [1.807, 2.05) is 0 Å². The number of allylic oxidation sites excluding steroid dienone is 7. The Morgan fingerprint density at radius 2 is 1.40 bits per heavy atom. The number of benzene rings is 3. The number of nitrogens with zero attached hydrogens (tertiary/aromatic N) is 4. The van der Waals surface area contributed by atoms with Crippen molar-refractivity contribution in [2.24, 2.45) is 5.92 Å². The van der Waals surface area contributed by atoms with Crippen molar-refractivity contribution in [2.75, 3.05) is 0 Å². The van der Waals surface area contributed by atoms with Gasteiger partial charge in [0, 0.05) is 56.1 Å². The lowest BCUT2D eigenvalue weighted by molar-refractivity contribution is 0.400. The molecule has 0 saturated heterocycles. The average molecular weight is 543 g/mol. The van der Waals surface area contributed by atoms with Gasteiger partial charge in [-0.15, -0.1) is 0 Å². The average Bonchev–Trinajstić information content (AvgIpc) is 3.57. The summed E-state index contributed by atoms with van der Waals surface area (Å²) in [4.78, 5) is 0. The smallest absolute Gasteiger partial charge is 0.101 e. The van der Waals surface area contributed by atoms with Crippen molar-refractivity contribution in [1.82, 2.24) is 9.13 Å². The molecule has 0 fully saturated rings. The van der Waals surface area contributed by atoms with Crippen LogP contribution in [0.5, 0.6) is 0 Å². The Balaban J connectivity index is 1.35. The topological polar surface area (TPSA) is 57.4 Å². The molecule has 2 aromatic heterocycles. The zero-order valence-electron chi connectivity index (χ0n) is 23.4. The molecule has 202 valence electrons. The van der Waals surface area contributed by atoms with Gasteiger partial charge in [0.1, 0.15) is 6.07 Å². The van der Waals surface area contributed by atoms with Gasteiger partial charge in [0.05, 0.1) is 17.2 Å². The van der Waals surface area contributed by atoms with Gasteiger partial charge in [-0.25, -0.2) is 0 Å². The molecule has 2 atom stereocenters. The van der Waals surface area contributed by atoms with E-state index < -0.39 is 0 Å². The largest absolute Gasteiger partial charge is 0.336 e. The molecule has 0 saturated carbocycles. The van der Waals surface area contributed by atoms with Gasteiger partial charge in [-0.3, -0.25) is 0 Å². The summed E-state index contributed by atoms with van der Waals surface area (Å²) in [6.07, 6.45) is 14.3. The summed E-state index contributed by atoms with van der Waals surface area (Å²) in [6, 6.07) is 31.1. The molecule has 0 spiro atoms. The number of aryl methyl sites for hydroxylation is 1. The SMILES string of the molecule is N#CC1=CC(C2=CCCC(n3c4c(c5ccccc53)CCC=C4)=C2C#N)C(n2c3ccccc3c3ccccc32)CC1. The van der Waals surface area contributed by atoms with E-state index in [1.54, 1.807) is 0 Å². The second-order valence-corrected chi connectivity index (χ2v) is 11.6. The molecule has 3 aliphatic rings. The van der Waals surface area contributed by atoms with Crippen LogP contribution in [0.15, 0.2) is 108 Å². The van der Waals surface area contributed by atoms with Gasteiger partial charge in [0.2, 0.25) is 0 Å². The number of rotatable bonds is 3. The summed E-state index contributed by atoms with van der Waals surface area (Å²) in [5, 5.41) is 24.6. The molecule has 5 aromatic rings. The van der Waals surface area contributed by atoms with E-state index in [1.165, 1.54) is 44.0 Å². The molecule has 2 heterocycles. The van der Waals surface area contributed by atoms with Crippen LogP contribution in [0.25, 0.3) is 44.5 Å². The van der Waals surface area contributed by atoms with Crippen LogP contribution >= 0.6 is 0 Å². The van der Waals surface area contributed by atoms with Gasteiger partial charge >= 0.3 is 0 Å². The maximum Gasteiger partial charge on any atom is 0.101 e. The third-order valence-electron chi connectivity index (χ3n) is 9.52. The van der Waals surface area contributed by atoms with Crippen molar-refractivity contribution < 1.29 is 0 Å². The molecule has 0 radical (unpaired) electrons. The van der Waals surface area contributed by atoms with Crippen molar-refractivity contribution in [3.05, 3.63) is 119 Å². The first-order valence-corrected chi connectivity index (χ1v) is 15.0. The molecule has 42 heavy (non-hydrogen) atoms. The Labute approximate surface area is 245 Å². The molecule has 2 unspecified atom stereocenters. The van der Waals surface area contributed by atoms with Gasteiger partial charge in [-0.05, 0) is 73.9 Å². The normalized spacial score (nSPS) is 20.3. The summed E-state index contributed by atoms with van der Waals surface area (Å²) < 4.78 is 4.85. The van der Waals surface area contributed by atoms with Crippen molar-refractivity contribution in [3.8, 4) is 12.1 Å². The third-order valence-corrected chi connectivity index (χ3v) is 9.52. The number of hydrogen-bond acceptors (Lipinski definition) is 2. The number of para-hydroxylation sites is 3. The van der Waals surface area contributed by atoms with Crippen LogP contribution in [0.1, 0.15) is 49.4 Å². The highest BCUT2D eigenvalue weighted by atomic mass is 15.0. The van der Waals surface area contributed by atoms with Gasteiger partial charge < -0.3 is 9.13 Å². The number of aromatic nitrogens is 2. The van der Waals surface area contributed by atoms with Crippen molar-refractivity contribution in [3.63, 3.8) is 0 Å². The van der Waals surface area contributed by atoms with Crippen molar-refractivity contribution in [1.29, 1.82) is 10.5 Å². The standard InChI is InChI=1S/C38H30N4/c39-23-25-20-21-38(42-35-17-7-3-12-29(35)30-13-4-8-18-36(30)42)31(22-25)26-14-9-19-37(32(26)24-40)41-33-15-5-1-10-27(33)28-11-2-6-16-34(28)41/h1,3-8,10,12-18,22,31,38H,2,9,11,19-21H2. The van der Waals surface area contributed by atoms with Crippen LogP contribution in [-0.2, 0) is 6.42 Å². The maximum absolute atomic E-state index is 10.8. The predicted octanol–water partition coefficient (Wildman–Crippen LogP) is 9.26. The van der Waals surface area contributed by atoms with Crippen LogP contribution in [0.2, 0.25) is 0 Å². The lowest BCUT2D eigenvalue weighted by atomic mass is 9.76. The van der Waals surface area contributed by atoms with Crippen LogP contribution in [0, 0.1) is 28.6 Å². The minimum atomic E-state index is -0.0780. The van der Waals surface area contributed by atoms with E-state index in [4.69, 9.17) is 0 Å². The Hall–Kier alpha value is -5.06. The maximum atomic E-state index is 10.8. The molecule has 0 aliphatic heterocycles. The Bertz CT molecular complexity index is 2080. The monoisotopic (exact) mass is 542 g/mol. The van der Waals surface area contributed by atoms with Crippen LogP contribution in [0.4, 0.5) is 0 Å². The zero-order chi connectivity index (χ0) is 28.2. The van der Waals surface area contributed by atoms with E-state index in [0.717, 1.165) is 60.9 Å². The second kappa shape index (κ2) is 9.79. The highest BCUT2D eigenvalue weighted by molar-refractivity contribution is 6.08. The molecule has 4 heteroatoms. The number of fused-ring (bicyclic) bond motifs is 6. The van der Waals surface area contributed by atoms with Gasteiger partial charge in [-0.2, -0.15) is 10.5 Å². The Morgan fingerprint density at radius 3 is 2.12 bits per heavy atom. The lowest BCUT2D eigenvalue weighted by Crippen LogP contribution is -2.25. The second-order valence-electron chi connectivity index (χ2n) is 11.6. The fraction of sp³-hybridized carbons (Fsp3) is 0.211. The summed E-state index contributed by atoms with van der Waals surface area (Å²) in [5.74, 6) is -0.0780. The molecule has 0 N–H and O–H groups in total. The van der Waals surface area contributed by atoms with E-state index in [0.29, 0.717) is 0 Å². The molecule has 3 aromatic carbocycles. The summed E-state index contributed by atoms with van der Waals surface area (Å²) >= 11 is 0. The molecule has 0 bridgehead atoms. The van der Waals surface area contributed by atoms with E-state index in [9.17, 15) is 10.5 Å².